The van der Waals surface area contributed by atoms with Crippen LogP contribution in [-0.4, -0.2) is 54.8 Å². The maximum atomic E-state index is 13.1. The molecule has 0 spiro atoms. The first-order valence-electron chi connectivity index (χ1n) is 8.20. The van der Waals surface area contributed by atoms with Gasteiger partial charge in [0.1, 0.15) is 17.6 Å². The van der Waals surface area contributed by atoms with Crippen LogP contribution in [0.15, 0.2) is 49.1 Å². The normalized spacial score (nSPS) is 17.6. The van der Waals surface area contributed by atoms with E-state index in [0.29, 0.717) is 24.6 Å². The molecule has 0 aliphatic carbocycles. The van der Waals surface area contributed by atoms with Crippen LogP contribution >= 0.6 is 0 Å². The van der Waals surface area contributed by atoms with E-state index in [9.17, 15) is 4.79 Å². The number of pyridine rings is 1. The molecular formula is C17H19N7O. The van der Waals surface area contributed by atoms with Crippen molar-refractivity contribution < 1.29 is 4.79 Å². The molecule has 1 amide bonds. The van der Waals surface area contributed by atoms with E-state index >= 15 is 0 Å². The summed E-state index contributed by atoms with van der Waals surface area (Å²) in [5.74, 6) is 1.40. The molecule has 3 aromatic heterocycles. The van der Waals surface area contributed by atoms with E-state index in [-0.39, 0.29) is 11.9 Å². The number of aromatic nitrogens is 5. The second-order valence-corrected chi connectivity index (χ2v) is 5.95. The summed E-state index contributed by atoms with van der Waals surface area (Å²) < 4.78 is 3.59. The fourth-order valence-electron chi connectivity index (χ4n) is 3.10. The molecule has 1 saturated heterocycles. The lowest BCUT2D eigenvalue weighted by Gasteiger charge is -2.35. The van der Waals surface area contributed by atoms with E-state index in [1.54, 1.807) is 29.3 Å². The highest BCUT2D eigenvalue weighted by atomic mass is 16.2. The topological polar surface area (TPSA) is 80.9 Å². The third-order valence-electron chi connectivity index (χ3n) is 4.35. The number of nitrogens with zero attached hydrogens (tertiary/aromatic N) is 6. The summed E-state index contributed by atoms with van der Waals surface area (Å²) in [5.41, 5.74) is 0.411. The Morgan fingerprint density at radius 1 is 1.24 bits per heavy atom. The number of carbonyl (C=O) groups excluding carboxylic acids is 1. The summed E-state index contributed by atoms with van der Waals surface area (Å²) in [6, 6.07) is 7.11. The monoisotopic (exact) mass is 337 g/mol. The number of aryl methyl sites for hydroxylation is 1. The van der Waals surface area contributed by atoms with Gasteiger partial charge in [0.15, 0.2) is 5.82 Å². The molecule has 3 aromatic rings. The number of nitrogens with one attached hydrogen (secondary N) is 1. The van der Waals surface area contributed by atoms with Gasteiger partial charge in [-0.1, -0.05) is 6.07 Å². The molecule has 25 heavy (non-hydrogen) atoms. The van der Waals surface area contributed by atoms with Crippen LogP contribution in [0.5, 0.6) is 0 Å². The molecule has 4 heterocycles. The van der Waals surface area contributed by atoms with E-state index < -0.39 is 0 Å². The predicted molar refractivity (Wildman–Crippen MR) is 91.2 cm³/mol. The summed E-state index contributed by atoms with van der Waals surface area (Å²) in [7, 11) is 1.94. The van der Waals surface area contributed by atoms with Gasteiger partial charge in [0.05, 0.1) is 0 Å². The maximum Gasteiger partial charge on any atom is 0.273 e. The standard InChI is InChI=1S/C17H19N7O/c1-22-10-8-19-16(22)14-12-18-7-11-23(14)17(25)13-4-2-5-15(21-13)24-9-3-6-20-24/h2-6,8-10,14,18H,7,11-12H2,1H3. The number of amides is 1. The lowest BCUT2D eigenvalue weighted by Crippen LogP contribution is -2.49. The van der Waals surface area contributed by atoms with Crippen molar-refractivity contribution in [1.82, 2.24) is 34.5 Å². The molecule has 1 aliphatic rings. The fraction of sp³-hybridized carbons (Fsp3) is 0.294. The van der Waals surface area contributed by atoms with E-state index in [0.717, 1.165) is 12.4 Å². The minimum absolute atomic E-state index is 0.0940. The molecule has 0 saturated carbocycles. The molecule has 1 N–H and O–H groups in total. The van der Waals surface area contributed by atoms with Crippen LogP contribution < -0.4 is 5.32 Å². The van der Waals surface area contributed by atoms with Crippen molar-refractivity contribution in [3.8, 4) is 5.82 Å². The van der Waals surface area contributed by atoms with Crippen molar-refractivity contribution >= 4 is 5.91 Å². The van der Waals surface area contributed by atoms with Crippen molar-refractivity contribution in [2.75, 3.05) is 19.6 Å². The van der Waals surface area contributed by atoms with E-state index in [2.05, 4.69) is 20.4 Å². The average Bonchev–Trinajstić information content (AvgIpc) is 3.33. The van der Waals surface area contributed by atoms with Crippen LogP contribution in [-0.2, 0) is 7.05 Å². The van der Waals surface area contributed by atoms with Crippen molar-refractivity contribution in [3.05, 3.63) is 60.6 Å². The zero-order valence-electron chi connectivity index (χ0n) is 13.9. The Labute approximate surface area is 145 Å². The Bertz CT molecular complexity index is 871. The van der Waals surface area contributed by atoms with E-state index in [1.807, 2.05) is 40.9 Å². The summed E-state index contributed by atoms with van der Waals surface area (Å²) in [5, 5.41) is 7.51. The van der Waals surface area contributed by atoms with Gasteiger partial charge in [-0.05, 0) is 18.2 Å². The van der Waals surface area contributed by atoms with Gasteiger partial charge < -0.3 is 14.8 Å². The molecule has 1 aliphatic heterocycles. The quantitative estimate of drug-likeness (QED) is 0.764. The summed E-state index contributed by atoms with van der Waals surface area (Å²) in [4.78, 5) is 23.9. The molecule has 128 valence electrons. The molecule has 0 bridgehead atoms. The molecule has 1 atom stereocenters. The molecule has 8 nitrogen and oxygen atoms in total. The van der Waals surface area contributed by atoms with Crippen LogP contribution in [0.4, 0.5) is 0 Å². The third-order valence-corrected chi connectivity index (χ3v) is 4.35. The highest BCUT2D eigenvalue weighted by Gasteiger charge is 2.31. The Hall–Kier alpha value is -3.00. The molecule has 0 aromatic carbocycles. The SMILES string of the molecule is Cn1ccnc1C1CNCCN1C(=O)c1cccc(-n2cccn2)n1. The maximum absolute atomic E-state index is 13.1. The largest absolute Gasteiger partial charge is 0.336 e. The number of carbonyl (C=O) groups is 1. The number of hydrogen-bond acceptors (Lipinski definition) is 5. The lowest BCUT2D eigenvalue weighted by molar-refractivity contribution is 0.0614. The van der Waals surface area contributed by atoms with Gasteiger partial charge in [-0.15, -0.1) is 0 Å². The smallest absolute Gasteiger partial charge is 0.273 e. The molecule has 0 radical (unpaired) electrons. The van der Waals surface area contributed by atoms with Crippen LogP contribution in [0.25, 0.3) is 5.82 Å². The highest BCUT2D eigenvalue weighted by molar-refractivity contribution is 5.92. The average molecular weight is 337 g/mol. The van der Waals surface area contributed by atoms with E-state index in [1.165, 1.54) is 0 Å². The van der Waals surface area contributed by atoms with Gasteiger partial charge >= 0.3 is 0 Å². The summed E-state index contributed by atoms with van der Waals surface area (Å²) in [6.07, 6.45) is 7.13. The summed E-state index contributed by atoms with van der Waals surface area (Å²) in [6.45, 7) is 2.05. The zero-order valence-corrected chi connectivity index (χ0v) is 13.9. The molecule has 1 fully saturated rings. The van der Waals surface area contributed by atoms with Crippen LogP contribution in [0.3, 0.4) is 0 Å². The molecule has 8 heteroatoms. The van der Waals surface area contributed by atoms with Gasteiger partial charge in [-0.25, -0.2) is 14.6 Å². The molecule has 4 rings (SSSR count). The van der Waals surface area contributed by atoms with Gasteiger partial charge in [-0.2, -0.15) is 5.10 Å². The minimum Gasteiger partial charge on any atom is -0.336 e. The predicted octanol–water partition coefficient (Wildman–Crippen LogP) is 0.787. The second kappa shape index (κ2) is 6.48. The number of rotatable bonds is 3. The van der Waals surface area contributed by atoms with Crippen LogP contribution in [0, 0.1) is 0 Å². The fourth-order valence-corrected chi connectivity index (χ4v) is 3.10. The van der Waals surface area contributed by atoms with Gasteiger partial charge in [-0.3, -0.25) is 4.79 Å². The minimum atomic E-state index is -0.114. The van der Waals surface area contributed by atoms with Gasteiger partial charge in [0, 0.05) is 51.5 Å². The number of piperazine rings is 1. The lowest BCUT2D eigenvalue weighted by atomic mass is 10.1. The first-order chi connectivity index (χ1) is 12.2. The molecular weight excluding hydrogens is 318 g/mol. The van der Waals surface area contributed by atoms with E-state index in [4.69, 9.17) is 0 Å². The Morgan fingerprint density at radius 2 is 2.16 bits per heavy atom. The Morgan fingerprint density at radius 3 is 2.92 bits per heavy atom. The Kier molecular flexibility index (Phi) is 4.02. The summed E-state index contributed by atoms with van der Waals surface area (Å²) >= 11 is 0. The molecule has 1 unspecified atom stereocenters. The van der Waals surface area contributed by atoms with Crippen molar-refractivity contribution in [2.45, 2.75) is 6.04 Å². The van der Waals surface area contributed by atoms with Crippen molar-refractivity contribution in [2.24, 2.45) is 7.05 Å². The van der Waals surface area contributed by atoms with Crippen LogP contribution in [0.1, 0.15) is 22.4 Å². The van der Waals surface area contributed by atoms with Gasteiger partial charge in [0.25, 0.3) is 5.91 Å². The van der Waals surface area contributed by atoms with Crippen molar-refractivity contribution in [3.63, 3.8) is 0 Å². The highest BCUT2D eigenvalue weighted by Crippen LogP contribution is 2.22. The first-order valence-corrected chi connectivity index (χ1v) is 8.20. The van der Waals surface area contributed by atoms with Crippen LogP contribution in [0.2, 0.25) is 0 Å². The first kappa shape index (κ1) is 15.5. The van der Waals surface area contributed by atoms with Crippen molar-refractivity contribution in [1.29, 1.82) is 0 Å². The second-order valence-electron chi connectivity index (χ2n) is 5.95. The third kappa shape index (κ3) is 2.91. The van der Waals surface area contributed by atoms with Gasteiger partial charge in [0.2, 0.25) is 0 Å². The number of imidazole rings is 1. The Balaban J connectivity index is 1.65. The zero-order chi connectivity index (χ0) is 17.2. The number of hydrogen-bond donors (Lipinski definition) is 1.